The van der Waals surface area contributed by atoms with Crippen LogP contribution in [0.2, 0.25) is 0 Å². The monoisotopic (exact) mass is 639 g/mol. The van der Waals surface area contributed by atoms with E-state index >= 15 is 0 Å². The maximum absolute atomic E-state index is 13.4. The summed E-state index contributed by atoms with van der Waals surface area (Å²) in [5.41, 5.74) is 7.84. The topological polar surface area (TPSA) is 152 Å². The minimum absolute atomic E-state index is 0.0422. The number of hydrogen-bond acceptors (Lipinski definition) is 8. The molecule has 4 N–H and O–H groups in total. The molecule has 46 heavy (non-hydrogen) atoms. The van der Waals surface area contributed by atoms with Crippen molar-refractivity contribution in [1.82, 2.24) is 15.5 Å². The zero-order valence-electron chi connectivity index (χ0n) is 25.1. The molecule has 4 aromatic rings. The van der Waals surface area contributed by atoms with Crippen molar-refractivity contribution < 1.29 is 28.8 Å². The van der Waals surface area contributed by atoms with Gasteiger partial charge in [0.2, 0.25) is 11.8 Å². The number of nitrogens with one attached hydrogen (secondary N) is 2. The highest BCUT2D eigenvalue weighted by Gasteiger charge is 2.40. The largest absolute Gasteiger partial charge is 0.457 e. The highest BCUT2D eigenvalue weighted by Crippen LogP contribution is 2.32. The Morgan fingerprint density at radius 3 is 2.28 bits per heavy atom. The van der Waals surface area contributed by atoms with E-state index in [4.69, 9.17) is 10.5 Å². The fourth-order valence-corrected chi connectivity index (χ4v) is 5.87. The standard InChI is InChI=1S/C34H33N5O6S/c1-22(40)45-38-32(35)26-16-29(46-21-26)18-36-34(43)30-17-25(23-8-4-2-5-9-23)20-39(30)31(41)19-37-33(42)24-12-14-28(15-13-24)44-27-10-6-3-7-11-27/h2-16,21,25,30H,17-20H2,1H3,(H2,35,38)(H,36,43)(H,37,42)/t25-,30-/m0/s1. The van der Waals surface area contributed by atoms with Crippen LogP contribution < -0.4 is 21.1 Å². The summed E-state index contributed by atoms with van der Waals surface area (Å²) >= 11 is 1.36. The lowest BCUT2D eigenvalue weighted by Gasteiger charge is -2.24. The van der Waals surface area contributed by atoms with E-state index in [9.17, 15) is 19.2 Å². The molecule has 0 aliphatic carbocycles. The predicted molar refractivity (Wildman–Crippen MR) is 173 cm³/mol. The Morgan fingerprint density at radius 1 is 0.913 bits per heavy atom. The van der Waals surface area contributed by atoms with Crippen LogP contribution in [0.5, 0.6) is 11.5 Å². The second-order valence-electron chi connectivity index (χ2n) is 10.6. The number of oxime groups is 1. The molecule has 236 valence electrons. The Hall–Kier alpha value is -5.49. The molecule has 1 aliphatic heterocycles. The van der Waals surface area contributed by atoms with Gasteiger partial charge in [-0.3, -0.25) is 14.4 Å². The first-order valence-corrected chi connectivity index (χ1v) is 15.5. The van der Waals surface area contributed by atoms with Crippen LogP contribution in [0.15, 0.2) is 102 Å². The first-order valence-electron chi connectivity index (χ1n) is 14.6. The Morgan fingerprint density at radius 2 is 1.59 bits per heavy atom. The smallest absolute Gasteiger partial charge is 0.332 e. The van der Waals surface area contributed by atoms with Crippen LogP contribution in [-0.2, 0) is 25.8 Å². The highest BCUT2D eigenvalue weighted by atomic mass is 32.1. The van der Waals surface area contributed by atoms with E-state index in [-0.39, 0.29) is 36.7 Å². The third-order valence-corrected chi connectivity index (χ3v) is 8.29. The molecule has 2 heterocycles. The van der Waals surface area contributed by atoms with Crippen molar-refractivity contribution in [2.75, 3.05) is 13.1 Å². The van der Waals surface area contributed by atoms with Crippen LogP contribution >= 0.6 is 11.3 Å². The molecule has 1 aromatic heterocycles. The quantitative estimate of drug-likeness (QED) is 0.0965. The summed E-state index contributed by atoms with van der Waals surface area (Å²) in [5, 5.41) is 10.9. The molecular weight excluding hydrogens is 606 g/mol. The van der Waals surface area contributed by atoms with Gasteiger partial charge in [0.15, 0.2) is 5.84 Å². The van der Waals surface area contributed by atoms with E-state index in [1.54, 1.807) is 35.7 Å². The lowest BCUT2D eigenvalue weighted by molar-refractivity contribution is -0.141. The number of thiophene rings is 1. The van der Waals surface area contributed by atoms with Crippen molar-refractivity contribution in [2.45, 2.75) is 31.8 Å². The van der Waals surface area contributed by atoms with Gasteiger partial charge in [-0.05, 0) is 54.4 Å². The maximum Gasteiger partial charge on any atom is 0.332 e. The normalized spacial score (nSPS) is 16.0. The molecule has 1 saturated heterocycles. The zero-order chi connectivity index (χ0) is 32.5. The van der Waals surface area contributed by atoms with E-state index in [2.05, 4.69) is 20.6 Å². The first kappa shape index (κ1) is 31.9. The van der Waals surface area contributed by atoms with Gasteiger partial charge in [0.05, 0.1) is 13.1 Å². The average Bonchev–Trinajstić information content (AvgIpc) is 3.75. The molecule has 0 unspecified atom stereocenters. The number of hydrogen-bond donors (Lipinski definition) is 3. The van der Waals surface area contributed by atoms with Crippen LogP contribution in [0.25, 0.3) is 0 Å². The van der Waals surface area contributed by atoms with Crippen LogP contribution in [0.3, 0.4) is 0 Å². The van der Waals surface area contributed by atoms with Crippen LogP contribution in [-0.4, -0.2) is 53.6 Å². The van der Waals surface area contributed by atoms with E-state index in [0.29, 0.717) is 35.6 Å². The van der Waals surface area contributed by atoms with E-state index in [1.165, 1.54) is 23.2 Å². The Labute approximate surface area is 270 Å². The second kappa shape index (κ2) is 15.0. The van der Waals surface area contributed by atoms with Crippen molar-refractivity contribution in [3.8, 4) is 11.5 Å². The van der Waals surface area contributed by atoms with Crippen LogP contribution in [0.4, 0.5) is 0 Å². The van der Waals surface area contributed by atoms with Crippen LogP contribution in [0.1, 0.15) is 45.6 Å². The number of nitrogens with zero attached hydrogens (tertiary/aromatic N) is 2. The third-order valence-electron chi connectivity index (χ3n) is 7.35. The molecule has 1 aliphatic rings. The molecule has 11 nitrogen and oxygen atoms in total. The molecule has 1 fully saturated rings. The highest BCUT2D eigenvalue weighted by molar-refractivity contribution is 7.10. The number of ether oxygens (including phenoxy) is 1. The van der Waals surface area contributed by atoms with Gasteiger partial charge in [-0.1, -0.05) is 53.7 Å². The van der Waals surface area contributed by atoms with Gasteiger partial charge in [0.25, 0.3) is 5.91 Å². The molecule has 5 rings (SSSR count). The fraction of sp³-hybridized carbons (Fsp3) is 0.206. The molecule has 0 bridgehead atoms. The van der Waals surface area contributed by atoms with Gasteiger partial charge in [-0.15, -0.1) is 11.3 Å². The summed E-state index contributed by atoms with van der Waals surface area (Å²) < 4.78 is 5.78. The molecule has 0 saturated carbocycles. The number of nitrogens with two attached hydrogens (primary N) is 1. The Balaban J connectivity index is 1.20. The summed E-state index contributed by atoms with van der Waals surface area (Å²) in [4.78, 5) is 57.7. The molecule has 12 heteroatoms. The number of amidine groups is 1. The van der Waals surface area contributed by atoms with E-state index in [0.717, 1.165) is 10.4 Å². The first-order chi connectivity index (χ1) is 22.3. The Kier molecular flexibility index (Phi) is 10.4. The summed E-state index contributed by atoms with van der Waals surface area (Å²) in [6.07, 6.45) is 0.441. The predicted octanol–water partition coefficient (Wildman–Crippen LogP) is 4.15. The summed E-state index contributed by atoms with van der Waals surface area (Å²) in [6, 6.07) is 26.7. The van der Waals surface area contributed by atoms with Gasteiger partial charge >= 0.3 is 5.97 Å². The lowest BCUT2D eigenvalue weighted by atomic mass is 9.96. The molecule has 3 amide bonds. The third kappa shape index (κ3) is 8.36. The molecule has 0 spiro atoms. The zero-order valence-corrected chi connectivity index (χ0v) is 25.9. The van der Waals surface area contributed by atoms with Gasteiger partial charge < -0.3 is 30.8 Å². The second-order valence-corrected chi connectivity index (χ2v) is 11.6. The van der Waals surface area contributed by atoms with E-state index in [1.807, 2.05) is 60.7 Å². The van der Waals surface area contributed by atoms with Crippen molar-refractivity contribution in [1.29, 1.82) is 0 Å². The lowest BCUT2D eigenvalue weighted by Crippen LogP contribution is -2.48. The number of likely N-dealkylation sites (tertiary alicyclic amines) is 1. The number of carbonyl (C=O) groups is 4. The maximum atomic E-state index is 13.4. The van der Waals surface area contributed by atoms with E-state index < -0.39 is 17.9 Å². The van der Waals surface area contributed by atoms with Gasteiger partial charge in [-0.25, -0.2) is 4.79 Å². The number of benzene rings is 3. The average molecular weight is 640 g/mol. The minimum Gasteiger partial charge on any atom is -0.457 e. The number of para-hydroxylation sites is 1. The van der Waals surface area contributed by atoms with Crippen molar-refractivity contribution in [2.24, 2.45) is 10.9 Å². The van der Waals surface area contributed by atoms with Crippen LogP contribution in [0, 0.1) is 0 Å². The number of amides is 3. The van der Waals surface area contributed by atoms with Gasteiger partial charge in [0, 0.05) is 40.8 Å². The summed E-state index contributed by atoms with van der Waals surface area (Å²) in [7, 11) is 0. The summed E-state index contributed by atoms with van der Waals surface area (Å²) in [6.45, 7) is 1.51. The van der Waals surface area contributed by atoms with Crippen molar-refractivity contribution >= 4 is 40.9 Å². The fourth-order valence-electron chi connectivity index (χ4n) is 5.05. The van der Waals surface area contributed by atoms with Crippen molar-refractivity contribution in [3.05, 3.63) is 118 Å². The summed E-state index contributed by atoms with van der Waals surface area (Å²) in [5.74, 6) is -0.400. The minimum atomic E-state index is -0.723. The molecule has 3 aromatic carbocycles. The number of rotatable bonds is 11. The van der Waals surface area contributed by atoms with Gasteiger partial charge in [-0.2, -0.15) is 0 Å². The van der Waals surface area contributed by atoms with Gasteiger partial charge in [0.1, 0.15) is 17.5 Å². The SMILES string of the molecule is CC(=O)O/N=C(/N)c1csc(CNC(=O)[C@@H]2C[C@H](c3ccccc3)CN2C(=O)CNC(=O)c2ccc(Oc3ccccc3)cc2)c1. The molecular formula is C34H33N5O6S. The number of carbonyl (C=O) groups excluding carboxylic acids is 4. The Bertz CT molecular complexity index is 1710. The van der Waals surface area contributed by atoms with Crippen molar-refractivity contribution in [3.63, 3.8) is 0 Å². The molecule has 0 radical (unpaired) electrons. The molecule has 2 atom stereocenters.